The molecule has 1 N–H and O–H groups in total. The van der Waals surface area contributed by atoms with E-state index in [9.17, 15) is 0 Å². The number of allylic oxidation sites excluding steroid dienone is 1. The van der Waals surface area contributed by atoms with Crippen molar-refractivity contribution in [2.45, 2.75) is 20.8 Å². The lowest BCUT2D eigenvalue weighted by molar-refractivity contribution is 0.889. The molecule has 0 aliphatic heterocycles. The Hall–Kier alpha value is -0.790. The molecule has 58 valence electrons. The van der Waals surface area contributed by atoms with Crippen molar-refractivity contribution in [1.82, 2.24) is 5.32 Å². The van der Waals surface area contributed by atoms with Gasteiger partial charge >= 0.3 is 0 Å². The number of hydrogen-bond donors (Lipinski definition) is 1. The van der Waals surface area contributed by atoms with E-state index in [0.29, 0.717) is 5.92 Å². The van der Waals surface area contributed by atoms with Gasteiger partial charge in [0.25, 0.3) is 0 Å². The average molecular weight is 140 g/mol. The monoisotopic (exact) mass is 140 g/mol. The molecule has 0 aliphatic carbocycles. The van der Waals surface area contributed by atoms with Gasteiger partial charge in [-0.15, -0.1) is 0 Å². The van der Waals surface area contributed by atoms with E-state index < -0.39 is 0 Å². The van der Waals surface area contributed by atoms with Crippen LogP contribution in [0.5, 0.6) is 0 Å². The average Bonchev–Trinajstić information content (AvgIpc) is 1.90. The zero-order valence-corrected chi connectivity index (χ0v) is 7.18. The van der Waals surface area contributed by atoms with Gasteiger partial charge in [0, 0.05) is 13.3 Å². The number of nitrogens with one attached hydrogen (secondary N) is 1. The third kappa shape index (κ3) is 4.13. The molecule has 0 aromatic rings. The predicted octanol–water partition coefficient (Wildman–Crippen LogP) is 1.79. The largest absolute Gasteiger partial charge is 0.373 e. The van der Waals surface area contributed by atoms with Crippen LogP contribution in [0.3, 0.4) is 0 Å². The first-order valence-electron chi connectivity index (χ1n) is 3.59. The summed E-state index contributed by atoms with van der Waals surface area (Å²) < 4.78 is 0. The van der Waals surface area contributed by atoms with Gasteiger partial charge in [-0.05, 0) is 18.9 Å². The Labute approximate surface area is 63.0 Å². The molecule has 0 heterocycles. The first-order chi connectivity index (χ1) is 4.70. The lowest BCUT2D eigenvalue weighted by atomic mass is 10.2. The predicted molar refractivity (Wildman–Crippen MR) is 46.1 cm³/mol. The van der Waals surface area contributed by atoms with Crippen LogP contribution in [0, 0.1) is 5.92 Å². The van der Waals surface area contributed by atoms with Crippen molar-refractivity contribution in [2.24, 2.45) is 10.9 Å². The second kappa shape index (κ2) is 5.03. The molecular weight excluding hydrogens is 124 g/mol. The maximum Gasteiger partial charge on any atom is 0.120 e. The van der Waals surface area contributed by atoms with Crippen molar-refractivity contribution in [1.29, 1.82) is 0 Å². The summed E-state index contributed by atoms with van der Waals surface area (Å²) in [6.45, 7) is 6.17. The van der Waals surface area contributed by atoms with Crippen LogP contribution in [0.2, 0.25) is 0 Å². The fourth-order valence-electron chi connectivity index (χ4n) is 0.513. The molecule has 0 atom stereocenters. The van der Waals surface area contributed by atoms with E-state index in [4.69, 9.17) is 0 Å². The summed E-state index contributed by atoms with van der Waals surface area (Å²) in [4.78, 5) is 4.19. The molecule has 10 heavy (non-hydrogen) atoms. The minimum absolute atomic E-state index is 0.517. The topological polar surface area (TPSA) is 24.4 Å². The molecule has 0 saturated carbocycles. The minimum atomic E-state index is 0.517. The lowest BCUT2D eigenvalue weighted by Crippen LogP contribution is -2.03. The Kier molecular flexibility index (Phi) is 4.63. The van der Waals surface area contributed by atoms with Gasteiger partial charge in [0.2, 0.25) is 0 Å². The van der Waals surface area contributed by atoms with Crippen LogP contribution in [0.25, 0.3) is 0 Å². The van der Waals surface area contributed by atoms with Crippen LogP contribution in [-0.4, -0.2) is 13.3 Å². The van der Waals surface area contributed by atoms with Crippen molar-refractivity contribution in [2.75, 3.05) is 7.05 Å². The minimum Gasteiger partial charge on any atom is -0.373 e. The third-order valence-corrected chi connectivity index (χ3v) is 1.04. The Morgan fingerprint density at radius 2 is 2.10 bits per heavy atom. The van der Waals surface area contributed by atoms with E-state index >= 15 is 0 Å². The quantitative estimate of drug-likeness (QED) is 0.594. The van der Waals surface area contributed by atoms with Crippen molar-refractivity contribution >= 4 is 6.21 Å². The van der Waals surface area contributed by atoms with Crippen molar-refractivity contribution in [3.8, 4) is 0 Å². The summed E-state index contributed by atoms with van der Waals surface area (Å²) in [7, 11) is 1.87. The highest BCUT2D eigenvalue weighted by molar-refractivity contribution is 5.60. The molecule has 2 nitrogen and oxygen atoms in total. The van der Waals surface area contributed by atoms with E-state index in [1.807, 2.05) is 26.3 Å². The highest BCUT2D eigenvalue weighted by atomic mass is 15.0. The Bertz CT molecular complexity index is 134. The molecule has 2 heteroatoms. The fourth-order valence-corrected chi connectivity index (χ4v) is 0.513. The van der Waals surface area contributed by atoms with E-state index in [1.165, 1.54) is 0 Å². The molecule has 0 rings (SSSR count). The molecule has 0 aromatic carbocycles. The van der Waals surface area contributed by atoms with Gasteiger partial charge < -0.3 is 5.32 Å². The van der Waals surface area contributed by atoms with Gasteiger partial charge in [0.05, 0.1) is 0 Å². The second-order valence-electron chi connectivity index (χ2n) is 2.45. The SMILES string of the molecule is C/C=C(\N=C/C(C)C)NC. The summed E-state index contributed by atoms with van der Waals surface area (Å²) in [5.74, 6) is 1.44. The summed E-state index contributed by atoms with van der Waals surface area (Å²) in [6, 6.07) is 0. The zero-order valence-electron chi connectivity index (χ0n) is 7.18. The van der Waals surface area contributed by atoms with Gasteiger partial charge in [-0.3, -0.25) is 0 Å². The van der Waals surface area contributed by atoms with Gasteiger partial charge in [-0.2, -0.15) is 0 Å². The van der Waals surface area contributed by atoms with E-state index in [1.54, 1.807) is 0 Å². The van der Waals surface area contributed by atoms with Gasteiger partial charge in [0.1, 0.15) is 5.82 Å². The van der Waals surface area contributed by atoms with Crippen molar-refractivity contribution < 1.29 is 0 Å². The van der Waals surface area contributed by atoms with Crippen LogP contribution >= 0.6 is 0 Å². The Morgan fingerprint density at radius 1 is 1.50 bits per heavy atom. The number of hydrogen-bond acceptors (Lipinski definition) is 2. The van der Waals surface area contributed by atoms with E-state index in [0.717, 1.165) is 5.82 Å². The molecule has 0 amide bonds. The summed E-state index contributed by atoms with van der Waals surface area (Å²) >= 11 is 0. The molecule has 0 unspecified atom stereocenters. The summed E-state index contributed by atoms with van der Waals surface area (Å²) in [5.41, 5.74) is 0. The van der Waals surface area contributed by atoms with Crippen LogP contribution < -0.4 is 5.32 Å². The molecule has 0 aromatic heterocycles. The standard InChI is InChI=1S/C8H16N2/c1-5-8(9-4)10-6-7(2)3/h5-7,9H,1-4H3/b8-5-,10-6-. The molecule has 0 radical (unpaired) electrons. The van der Waals surface area contributed by atoms with Crippen LogP contribution in [0.4, 0.5) is 0 Å². The lowest BCUT2D eigenvalue weighted by Gasteiger charge is -1.98. The second-order valence-corrected chi connectivity index (χ2v) is 2.45. The highest BCUT2D eigenvalue weighted by Gasteiger charge is 1.86. The fraction of sp³-hybridized carbons (Fsp3) is 0.625. The van der Waals surface area contributed by atoms with Crippen LogP contribution in [-0.2, 0) is 0 Å². The molecule has 0 saturated heterocycles. The zero-order chi connectivity index (χ0) is 7.98. The van der Waals surface area contributed by atoms with Crippen molar-refractivity contribution in [3.05, 3.63) is 11.9 Å². The van der Waals surface area contributed by atoms with Crippen molar-refractivity contribution in [3.63, 3.8) is 0 Å². The highest BCUT2D eigenvalue weighted by Crippen LogP contribution is 1.91. The molecule has 0 aliphatic rings. The molecule has 0 fully saturated rings. The molecule has 0 spiro atoms. The summed E-state index contributed by atoms with van der Waals surface area (Å²) in [5, 5.41) is 2.97. The van der Waals surface area contributed by atoms with Crippen LogP contribution in [0.15, 0.2) is 16.9 Å². The molecular formula is C8H16N2. The number of nitrogens with zero attached hydrogens (tertiary/aromatic N) is 1. The Balaban J connectivity index is 3.86. The molecule has 0 bridgehead atoms. The maximum atomic E-state index is 4.19. The first-order valence-corrected chi connectivity index (χ1v) is 3.59. The normalized spacial score (nSPS) is 13.1. The van der Waals surface area contributed by atoms with Gasteiger partial charge in [-0.25, -0.2) is 4.99 Å². The number of aliphatic imine (C=N–C) groups is 1. The first kappa shape index (κ1) is 9.21. The maximum absolute atomic E-state index is 4.19. The smallest absolute Gasteiger partial charge is 0.120 e. The van der Waals surface area contributed by atoms with E-state index in [2.05, 4.69) is 24.2 Å². The number of rotatable bonds is 3. The third-order valence-electron chi connectivity index (χ3n) is 1.04. The summed E-state index contributed by atoms with van der Waals surface area (Å²) in [6.07, 6.45) is 3.87. The van der Waals surface area contributed by atoms with E-state index in [-0.39, 0.29) is 0 Å². The Morgan fingerprint density at radius 3 is 2.40 bits per heavy atom. The van der Waals surface area contributed by atoms with Crippen LogP contribution in [0.1, 0.15) is 20.8 Å². The van der Waals surface area contributed by atoms with Gasteiger partial charge in [-0.1, -0.05) is 13.8 Å². The van der Waals surface area contributed by atoms with Gasteiger partial charge in [0.15, 0.2) is 0 Å².